The quantitative estimate of drug-likeness (QED) is 0.635. The van der Waals surface area contributed by atoms with Crippen LogP contribution in [-0.2, 0) is 17.9 Å². The third-order valence-electron chi connectivity index (χ3n) is 5.98. The minimum absolute atomic E-state index is 0.176. The Labute approximate surface area is 177 Å². The summed E-state index contributed by atoms with van der Waals surface area (Å²) in [6, 6.07) is 14.1. The van der Waals surface area contributed by atoms with Gasteiger partial charge in [-0.2, -0.15) is 0 Å². The first-order valence-electron chi connectivity index (χ1n) is 10.5. The van der Waals surface area contributed by atoms with E-state index in [0.717, 1.165) is 55.5 Å². The monoisotopic (exact) mass is 413 g/mol. The number of nitrogens with zero attached hydrogens (tertiary/aromatic N) is 1. The van der Waals surface area contributed by atoms with Gasteiger partial charge in [0, 0.05) is 24.7 Å². The fourth-order valence-electron chi connectivity index (χ4n) is 4.18. The number of methoxy groups -OCH3 is 1. The Morgan fingerprint density at radius 1 is 1.03 bits per heavy atom. The second-order valence-corrected chi connectivity index (χ2v) is 8.10. The van der Waals surface area contributed by atoms with E-state index in [9.17, 15) is 4.79 Å². The smallest absolute Gasteiger partial charge is 0.277 e. The SMILES string of the molecule is COc1ccccc1CN(C)C(=O)C[NH+]1CC[NH+](Cc2ccc3c(c2)OCO3)CC1. The zero-order chi connectivity index (χ0) is 20.9. The van der Waals surface area contributed by atoms with Crippen molar-refractivity contribution in [1.82, 2.24) is 4.90 Å². The van der Waals surface area contributed by atoms with Gasteiger partial charge in [-0.25, -0.2) is 0 Å². The van der Waals surface area contributed by atoms with E-state index in [2.05, 4.69) is 12.1 Å². The number of amides is 1. The molecule has 2 aromatic carbocycles. The van der Waals surface area contributed by atoms with Crippen molar-refractivity contribution in [3.8, 4) is 17.2 Å². The third kappa shape index (κ3) is 4.86. The molecule has 2 N–H and O–H groups in total. The third-order valence-corrected chi connectivity index (χ3v) is 5.98. The Balaban J connectivity index is 1.23. The maximum atomic E-state index is 12.7. The van der Waals surface area contributed by atoms with Gasteiger partial charge in [-0.1, -0.05) is 18.2 Å². The molecule has 2 aliphatic heterocycles. The molecule has 1 amide bonds. The lowest BCUT2D eigenvalue weighted by molar-refractivity contribution is -1.02. The van der Waals surface area contributed by atoms with Crippen LogP contribution in [0.5, 0.6) is 17.2 Å². The summed E-state index contributed by atoms with van der Waals surface area (Å²) in [6.07, 6.45) is 0. The minimum Gasteiger partial charge on any atom is -0.496 e. The predicted octanol–water partition coefficient (Wildman–Crippen LogP) is -0.634. The van der Waals surface area contributed by atoms with E-state index >= 15 is 0 Å². The largest absolute Gasteiger partial charge is 0.496 e. The standard InChI is InChI=1S/C23H29N3O4/c1-24(15-19-5-3-4-6-20(19)28-2)23(27)16-26-11-9-25(10-12-26)14-18-7-8-21-22(13-18)30-17-29-21/h3-8,13H,9-12,14-17H2,1-2H3/p+2. The van der Waals surface area contributed by atoms with Crippen molar-refractivity contribution in [2.75, 3.05) is 53.7 Å². The van der Waals surface area contributed by atoms with Crippen molar-refractivity contribution in [1.29, 1.82) is 0 Å². The van der Waals surface area contributed by atoms with Crippen molar-refractivity contribution in [3.63, 3.8) is 0 Å². The van der Waals surface area contributed by atoms with Gasteiger partial charge in [-0.05, 0) is 24.3 Å². The second kappa shape index (κ2) is 9.36. The van der Waals surface area contributed by atoms with Crippen LogP contribution in [-0.4, -0.2) is 64.5 Å². The number of carbonyl (C=O) groups is 1. The first-order valence-corrected chi connectivity index (χ1v) is 10.5. The normalized spacial score (nSPS) is 20.1. The number of benzene rings is 2. The van der Waals surface area contributed by atoms with Gasteiger partial charge < -0.3 is 28.9 Å². The maximum Gasteiger partial charge on any atom is 0.277 e. The number of rotatable bonds is 7. The molecule has 0 radical (unpaired) electrons. The van der Waals surface area contributed by atoms with Crippen LogP contribution < -0.4 is 24.0 Å². The number of hydrogen-bond acceptors (Lipinski definition) is 4. The molecule has 0 spiro atoms. The highest BCUT2D eigenvalue weighted by Gasteiger charge is 2.26. The number of carbonyl (C=O) groups excluding carboxylic acids is 1. The maximum absolute atomic E-state index is 12.7. The summed E-state index contributed by atoms with van der Waals surface area (Å²) >= 11 is 0. The number of nitrogens with one attached hydrogen (secondary N) is 2. The Morgan fingerprint density at radius 2 is 1.77 bits per heavy atom. The number of fused-ring (bicyclic) bond motifs is 1. The molecule has 30 heavy (non-hydrogen) atoms. The fourth-order valence-corrected chi connectivity index (χ4v) is 4.18. The summed E-state index contributed by atoms with van der Waals surface area (Å²) in [6.45, 7) is 6.54. The molecule has 0 atom stereocenters. The highest BCUT2D eigenvalue weighted by molar-refractivity contribution is 5.76. The molecule has 4 rings (SSSR count). The van der Waals surface area contributed by atoms with Crippen LogP contribution in [0.3, 0.4) is 0 Å². The fraction of sp³-hybridized carbons (Fsp3) is 0.435. The van der Waals surface area contributed by atoms with Gasteiger partial charge in [-0.3, -0.25) is 4.79 Å². The number of likely N-dealkylation sites (N-methyl/N-ethyl adjacent to an activating group) is 1. The average Bonchev–Trinajstić information content (AvgIpc) is 3.23. The van der Waals surface area contributed by atoms with E-state index < -0.39 is 0 Å². The Bertz CT molecular complexity index is 881. The lowest BCUT2D eigenvalue weighted by Crippen LogP contribution is -3.28. The molecule has 0 unspecified atom stereocenters. The van der Waals surface area contributed by atoms with Crippen LogP contribution >= 0.6 is 0 Å². The molecule has 160 valence electrons. The van der Waals surface area contributed by atoms with Crippen LogP contribution in [0.15, 0.2) is 42.5 Å². The molecule has 7 nitrogen and oxygen atoms in total. The van der Waals surface area contributed by atoms with E-state index in [1.807, 2.05) is 37.4 Å². The molecule has 1 saturated heterocycles. The highest BCUT2D eigenvalue weighted by Crippen LogP contribution is 2.32. The second-order valence-electron chi connectivity index (χ2n) is 8.10. The van der Waals surface area contributed by atoms with Gasteiger partial charge in [-0.15, -0.1) is 0 Å². The van der Waals surface area contributed by atoms with E-state index in [4.69, 9.17) is 14.2 Å². The van der Waals surface area contributed by atoms with E-state index in [-0.39, 0.29) is 5.91 Å². The molecular formula is C23H31N3O4+2. The summed E-state index contributed by atoms with van der Waals surface area (Å²) in [5, 5.41) is 0. The van der Waals surface area contributed by atoms with E-state index in [0.29, 0.717) is 19.9 Å². The summed E-state index contributed by atoms with van der Waals surface area (Å²) in [5.74, 6) is 2.68. The van der Waals surface area contributed by atoms with E-state index in [1.54, 1.807) is 16.9 Å². The minimum atomic E-state index is 0.176. The van der Waals surface area contributed by atoms with Gasteiger partial charge in [0.1, 0.15) is 38.5 Å². The number of quaternary nitrogens is 2. The van der Waals surface area contributed by atoms with Crippen LogP contribution in [0, 0.1) is 0 Å². The molecule has 2 aliphatic rings. The van der Waals surface area contributed by atoms with Crippen LogP contribution in [0.25, 0.3) is 0 Å². The molecule has 0 aliphatic carbocycles. The number of ether oxygens (including phenoxy) is 3. The van der Waals surface area contributed by atoms with Crippen LogP contribution in [0.1, 0.15) is 11.1 Å². The summed E-state index contributed by atoms with van der Waals surface area (Å²) in [4.78, 5) is 17.4. The molecule has 0 aromatic heterocycles. The number of para-hydroxylation sites is 1. The Morgan fingerprint density at radius 3 is 2.57 bits per heavy atom. The molecule has 0 saturated carbocycles. The first kappa shape index (κ1) is 20.5. The molecule has 7 heteroatoms. The number of hydrogen-bond donors (Lipinski definition) is 2. The summed E-state index contributed by atoms with van der Waals surface area (Å²) < 4.78 is 16.3. The molecular weight excluding hydrogens is 382 g/mol. The van der Waals surface area contributed by atoms with Crippen molar-refractivity contribution < 1.29 is 28.8 Å². The van der Waals surface area contributed by atoms with E-state index in [1.165, 1.54) is 10.5 Å². The summed E-state index contributed by atoms with van der Waals surface area (Å²) in [7, 11) is 3.53. The molecule has 2 heterocycles. The van der Waals surface area contributed by atoms with Gasteiger partial charge >= 0.3 is 0 Å². The van der Waals surface area contributed by atoms with Gasteiger partial charge in [0.15, 0.2) is 18.0 Å². The van der Waals surface area contributed by atoms with Gasteiger partial charge in [0.25, 0.3) is 5.91 Å². The zero-order valence-corrected chi connectivity index (χ0v) is 17.8. The number of piperazine rings is 1. The Kier molecular flexibility index (Phi) is 6.40. The van der Waals surface area contributed by atoms with Crippen molar-refractivity contribution in [2.24, 2.45) is 0 Å². The topological polar surface area (TPSA) is 56.9 Å². The summed E-state index contributed by atoms with van der Waals surface area (Å²) in [5.41, 5.74) is 2.30. The average molecular weight is 414 g/mol. The Hall–Kier alpha value is -2.77. The first-order chi connectivity index (χ1) is 14.6. The zero-order valence-electron chi connectivity index (χ0n) is 17.8. The van der Waals surface area contributed by atoms with Gasteiger partial charge in [0.2, 0.25) is 6.79 Å². The van der Waals surface area contributed by atoms with Crippen LogP contribution in [0.2, 0.25) is 0 Å². The lowest BCUT2D eigenvalue weighted by Gasteiger charge is -2.30. The van der Waals surface area contributed by atoms with Crippen LogP contribution in [0.4, 0.5) is 0 Å². The van der Waals surface area contributed by atoms with Gasteiger partial charge in [0.05, 0.1) is 7.11 Å². The predicted molar refractivity (Wildman–Crippen MR) is 112 cm³/mol. The van der Waals surface area contributed by atoms with Crippen molar-refractivity contribution >= 4 is 5.91 Å². The van der Waals surface area contributed by atoms with Crippen molar-refractivity contribution in [2.45, 2.75) is 13.1 Å². The van der Waals surface area contributed by atoms with Crippen molar-refractivity contribution in [3.05, 3.63) is 53.6 Å². The molecule has 2 aromatic rings. The molecule has 1 fully saturated rings. The lowest BCUT2D eigenvalue weighted by atomic mass is 10.1. The highest BCUT2D eigenvalue weighted by atomic mass is 16.7. The molecule has 0 bridgehead atoms.